The number of amides is 1. The Labute approximate surface area is 164 Å². The summed E-state index contributed by atoms with van der Waals surface area (Å²) >= 11 is 0. The van der Waals surface area contributed by atoms with Crippen molar-refractivity contribution in [3.8, 4) is 11.5 Å². The first-order valence-corrected chi connectivity index (χ1v) is 8.78. The Morgan fingerprint density at radius 1 is 1.21 bits per heavy atom. The van der Waals surface area contributed by atoms with Gasteiger partial charge in [-0.15, -0.1) is 10.2 Å². The predicted molar refractivity (Wildman–Crippen MR) is 99.0 cm³/mol. The molecular formula is C19H18F3N5O2. The summed E-state index contributed by atoms with van der Waals surface area (Å²) in [7, 11) is 0. The average molecular weight is 405 g/mol. The summed E-state index contributed by atoms with van der Waals surface area (Å²) in [6, 6.07) is 8.06. The monoisotopic (exact) mass is 405 g/mol. The number of halogens is 3. The van der Waals surface area contributed by atoms with Gasteiger partial charge < -0.3 is 15.1 Å². The summed E-state index contributed by atoms with van der Waals surface area (Å²) in [5, 5.41) is 13.0. The van der Waals surface area contributed by atoms with Crippen LogP contribution in [0.4, 0.5) is 24.7 Å². The minimum Gasteiger partial charge on any atom is -0.423 e. The van der Waals surface area contributed by atoms with E-state index in [-0.39, 0.29) is 17.7 Å². The highest BCUT2D eigenvalue weighted by molar-refractivity contribution is 5.80. The number of hydrogen-bond donors (Lipinski definition) is 2. The number of aromatic nitrogens is 3. The van der Waals surface area contributed by atoms with Crippen LogP contribution in [-0.4, -0.2) is 27.6 Å². The SMILES string of the molecule is CC1CCNC1=O.FC(F)(F)c1ccc(Nc2ncccc2-c2nnco2)cc1. The van der Waals surface area contributed by atoms with Crippen LogP contribution in [0.3, 0.4) is 0 Å². The number of nitrogens with one attached hydrogen (secondary N) is 2. The molecule has 3 aromatic rings. The zero-order chi connectivity index (χ0) is 20.9. The molecule has 0 bridgehead atoms. The first kappa shape index (κ1) is 20.3. The van der Waals surface area contributed by atoms with Crippen LogP contribution in [-0.2, 0) is 11.0 Å². The van der Waals surface area contributed by atoms with Gasteiger partial charge in [-0.3, -0.25) is 4.79 Å². The van der Waals surface area contributed by atoms with Crippen molar-refractivity contribution in [2.24, 2.45) is 5.92 Å². The normalized spacial score (nSPS) is 16.0. The lowest BCUT2D eigenvalue weighted by molar-refractivity contribution is -0.137. The molecule has 1 unspecified atom stereocenters. The van der Waals surface area contributed by atoms with Gasteiger partial charge in [0.2, 0.25) is 12.3 Å². The zero-order valence-corrected chi connectivity index (χ0v) is 15.4. The van der Waals surface area contributed by atoms with Crippen molar-refractivity contribution in [1.82, 2.24) is 20.5 Å². The number of carbonyl (C=O) groups is 1. The molecular weight excluding hydrogens is 387 g/mol. The smallest absolute Gasteiger partial charge is 0.416 e. The molecule has 29 heavy (non-hydrogen) atoms. The van der Waals surface area contributed by atoms with Crippen molar-refractivity contribution < 1.29 is 22.4 Å². The summed E-state index contributed by atoms with van der Waals surface area (Å²) < 4.78 is 42.7. The molecule has 4 rings (SSSR count). The molecule has 0 spiro atoms. The van der Waals surface area contributed by atoms with Gasteiger partial charge in [0.05, 0.1) is 11.1 Å². The average Bonchev–Trinajstić information content (AvgIpc) is 3.35. The molecule has 2 aromatic heterocycles. The van der Waals surface area contributed by atoms with Gasteiger partial charge in [-0.1, -0.05) is 6.92 Å². The number of pyridine rings is 1. The van der Waals surface area contributed by atoms with E-state index in [9.17, 15) is 18.0 Å². The third kappa shape index (κ3) is 5.31. The molecule has 0 radical (unpaired) electrons. The summed E-state index contributed by atoms with van der Waals surface area (Å²) in [6.45, 7) is 2.82. The molecule has 1 aromatic carbocycles. The van der Waals surface area contributed by atoms with E-state index in [0.717, 1.165) is 25.1 Å². The van der Waals surface area contributed by atoms with E-state index in [4.69, 9.17) is 4.42 Å². The summed E-state index contributed by atoms with van der Waals surface area (Å²) in [6.07, 6.45) is -0.617. The Morgan fingerprint density at radius 2 is 1.97 bits per heavy atom. The van der Waals surface area contributed by atoms with Gasteiger partial charge in [0, 0.05) is 24.3 Å². The van der Waals surface area contributed by atoms with Crippen LogP contribution in [0.1, 0.15) is 18.9 Å². The largest absolute Gasteiger partial charge is 0.423 e. The molecule has 7 nitrogen and oxygen atoms in total. The van der Waals surface area contributed by atoms with Gasteiger partial charge in [-0.25, -0.2) is 4.98 Å². The van der Waals surface area contributed by atoms with Crippen molar-refractivity contribution in [2.75, 3.05) is 11.9 Å². The molecule has 1 amide bonds. The molecule has 152 valence electrons. The number of benzene rings is 1. The molecule has 1 fully saturated rings. The van der Waals surface area contributed by atoms with Crippen LogP contribution in [0.2, 0.25) is 0 Å². The fourth-order valence-electron chi connectivity index (χ4n) is 2.56. The lowest BCUT2D eigenvalue weighted by Crippen LogP contribution is -2.16. The van der Waals surface area contributed by atoms with E-state index in [2.05, 4.69) is 25.8 Å². The quantitative estimate of drug-likeness (QED) is 0.683. The summed E-state index contributed by atoms with van der Waals surface area (Å²) in [5.41, 5.74) is 0.309. The van der Waals surface area contributed by atoms with Crippen molar-refractivity contribution in [1.29, 1.82) is 0 Å². The van der Waals surface area contributed by atoms with E-state index < -0.39 is 11.7 Å². The van der Waals surface area contributed by atoms with Crippen molar-refractivity contribution in [3.05, 3.63) is 54.6 Å². The maximum atomic E-state index is 12.5. The van der Waals surface area contributed by atoms with Crippen molar-refractivity contribution in [3.63, 3.8) is 0 Å². The van der Waals surface area contributed by atoms with Gasteiger partial charge in [0.15, 0.2) is 0 Å². The number of hydrogen-bond acceptors (Lipinski definition) is 6. The molecule has 1 saturated heterocycles. The first-order valence-electron chi connectivity index (χ1n) is 8.78. The number of nitrogens with zero attached hydrogens (tertiary/aromatic N) is 3. The molecule has 1 aliphatic rings. The maximum absolute atomic E-state index is 12.5. The fraction of sp³-hybridized carbons (Fsp3) is 0.263. The van der Waals surface area contributed by atoms with Crippen LogP contribution in [0.25, 0.3) is 11.5 Å². The minimum absolute atomic E-state index is 0.208. The summed E-state index contributed by atoms with van der Waals surface area (Å²) in [4.78, 5) is 14.6. The van der Waals surface area contributed by atoms with Crippen LogP contribution >= 0.6 is 0 Å². The molecule has 10 heteroatoms. The van der Waals surface area contributed by atoms with Gasteiger partial charge >= 0.3 is 6.18 Å². The van der Waals surface area contributed by atoms with Crippen LogP contribution in [0, 0.1) is 5.92 Å². The standard InChI is InChI=1S/C14H9F3N4O.C5H9NO/c15-14(16,17)9-3-5-10(6-4-9)20-12-11(2-1-7-18-12)13-21-19-8-22-13;1-4-2-3-6-5(4)7/h1-8H,(H,18,20);4H,2-3H2,1H3,(H,6,7). The number of anilines is 2. The molecule has 2 N–H and O–H groups in total. The lowest BCUT2D eigenvalue weighted by atomic mass is 10.1. The topological polar surface area (TPSA) is 92.9 Å². The Bertz CT molecular complexity index is 943. The van der Waals surface area contributed by atoms with Crippen LogP contribution in [0.15, 0.2) is 53.4 Å². The number of rotatable bonds is 3. The Kier molecular flexibility index (Phi) is 6.10. The first-order chi connectivity index (χ1) is 13.8. The van der Waals surface area contributed by atoms with Gasteiger partial charge in [0.1, 0.15) is 5.82 Å². The molecule has 0 saturated carbocycles. The third-order valence-electron chi connectivity index (χ3n) is 4.20. The van der Waals surface area contributed by atoms with Gasteiger partial charge in [-0.05, 0) is 42.8 Å². The minimum atomic E-state index is -4.36. The Hall–Kier alpha value is -3.43. The highest BCUT2D eigenvalue weighted by Gasteiger charge is 2.30. The highest BCUT2D eigenvalue weighted by Crippen LogP contribution is 2.31. The van der Waals surface area contributed by atoms with E-state index >= 15 is 0 Å². The van der Waals surface area contributed by atoms with Crippen LogP contribution < -0.4 is 10.6 Å². The molecule has 1 aliphatic heterocycles. The molecule has 1 atom stereocenters. The zero-order valence-electron chi connectivity index (χ0n) is 15.4. The maximum Gasteiger partial charge on any atom is 0.416 e. The predicted octanol–water partition coefficient (Wildman–Crippen LogP) is 4.04. The second-order valence-electron chi connectivity index (χ2n) is 6.32. The molecule has 3 heterocycles. The van der Waals surface area contributed by atoms with E-state index in [1.165, 1.54) is 18.5 Å². The van der Waals surface area contributed by atoms with Gasteiger partial charge in [-0.2, -0.15) is 13.2 Å². The van der Waals surface area contributed by atoms with E-state index in [1.54, 1.807) is 18.3 Å². The fourth-order valence-corrected chi connectivity index (χ4v) is 2.56. The summed E-state index contributed by atoms with van der Waals surface area (Å²) in [5.74, 6) is 1.15. The van der Waals surface area contributed by atoms with Gasteiger partial charge in [0.25, 0.3) is 5.89 Å². The Balaban J connectivity index is 0.000000290. The van der Waals surface area contributed by atoms with Crippen LogP contribution in [0.5, 0.6) is 0 Å². The van der Waals surface area contributed by atoms with Crippen molar-refractivity contribution >= 4 is 17.4 Å². The van der Waals surface area contributed by atoms with E-state index in [1.807, 2.05) is 6.92 Å². The lowest BCUT2D eigenvalue weighted by Gasteiger charge is -2.10. The second-order valence-corrected chi connectivity index (χ2v) is 6.32. The second kappa shape index (κ2) is 8.72. The molecule has 0 aliphatic carbocycles. The number of alkyl halides is 3. The highest BCUT2D eigenvalue weighted by atomic mass is 19.4. The Morgan fingerprint density at radius 3 is 2.48 bits per heavy atom. The van der Waals surface area contributed by atoms with Crippen molar-refractivity contribution in [2.45, 2.75) is 19.5 Å². The number of carbonyl (C=O) groups excluding carboxylic acids is 1. The van der Waals surface area contributed by atoms with E-state index in [0.29, 0.717) is 17.1 Å². The third-order valence-corrected chi connectivity index (χ3v) is 4.20.